The van der Waals surface area contributed by atoms with Gasteiger partial charge in [0.2, 0.25) is 0 Å². The molecule has 0 fully saturated rings. The van der Waals surface area contributed by atoms with Crippen LogP contribution in [0, 0.1) is 5.82 Å². The summed E-state index contributed by atoms with van der Waals surface area (Å²) in [5, 5.41) is 17.2. The minimum Gasteiger partial charge on any atom is -0.387 e. The number of aryl methyl sites for hydroxylation is 1. The normalized spacial score (nSPS) is 12.0. The zero-order valence-electron chi connectivity index (χ0n) is 14.7. The van der Waals surface area contributed by atoms with Gasteiger partial charge in [-0.05, 0) is 29.3 Å². The number of hydrogen-bond acceptors (Lipinski definition) is 3. The third-order valence-electron chi connectivity index (χ3n) is 4.25. The Kier molecular flexibility index (Phi) is 5.88. The van der Waals surface area contributed by atoms with E-state index < -0.39 is 11.9 Å². The number of halogens is 2. The maximum atomic E-state index is 13.4. The van der Waals surface area contributed by atoms with Crippen LogP contribution >= 0.6 is 11.6 Å². The van der Waals surface area contributed by atoms with Crippen molar-refractivity contribution in [2.45, 2.75) is 12.5 Å². The average Bonchev–Trinajstić information content (AvgIpc) is 3.00. The number of carbonyl (C=O) groups excluding carboxylic acids is 1. The van der Waals surface area contributed by atoms with E-state index in [4.69, 9.17) is 11.6 Å². The summed E-state index contributed by atoms with van der Waals surface area (Å²) in [4.78, 5) is 12.6. The van der Waals surface area contributed by atoms with Crippen LogP contribution in [0.5, 0.6) is 0 Å². The van der Waals surface area contributed by atoms with E-state index >= 15 is 0 Å². The summed E-state index contributed by atoms with van der Waals surface area (Å²) >= 11 is 5.80. The SMILES string of the molecule is Cn1ncc(C(=O)NCC(O)c2cc(F)cc(Cl)c2)c1Cc1ccccc1. The molecule has 1 unspecified atom stereocenters. The van der Waals surface area contributed by atoms with Gasteiger partial charge in [-0.2, -0.15) is 5.10 Å². The van der Waals surface area contributed by atoms with Crippen LogP contribution in [0.15, 0.2) is 54.7 Å². The lowest BCUT2D eigenvalue weighted by molar-refractivity contribution is 0.0915. The van der Waals surface area contributed by atoms with Crippen molar-refractivity contribution in [3.63, 3.8) is 0 Å². The maximum absolute atomic E-state index is 13.4. The molecular weight excluding hydrogens is 369 g/mol. The Morgan fingerprint density at radius 2 is 2.04 bits per heavy atom. The van der Waals surface area contributed by atoms with E-state index in [0.29, 0.717) is 17.5 Å². The molecule has 0 saturated heterocycles. The smallest absolute Gasteiger partial charge is 0.254 e. The van der Waals surface area contributed by atoms with E-state index in [0.717, 1.165) is 17.3 Å². The van der Waals surface area contributed by atoms with Gasteiger partial charge in [-0.25, -0.2) is 4.39 Å². The molecule has 5 nitrogen and oxygen atoms in total. The van der Waals surface area contributed by atoms with Crippen LogP contribution in [-0.4, -0.2) is 27.3 Å². The average molecular weight is 388 g/mol. The fraction of sp³-hybridized carbons (Fsp3) is 0.200. The molecule has 0 radical (unpaired) electrons. The highest BCUT2D eigenvalue weighted by Gasteiger charge is 2.18. The van der Waals surface area contributed by atoms with Gasteiger partial charge in [-0.1, -0.05) is 41.9 Å². The van der Waals surface area contributed by atoms with Crippen molar-refractivity contribution >= 4 is 17.5 Å². The number of aliphatic hydroxyl groups is 1. The third kappa shape index (κ3) is 4.72. The molecule has 0 spiro atoms. The van der Waals surface area contributed by atoms with Crippen molar-refractivity contribution in [1.29, 1.82) is 0 Å². The number of aliphatic hydroxyl groups excluding tert-OH is 1. The lowest BCUT2D eigenvalue weighted by Gasteiger charge is -2.13. The van der Waals surface area contributed by atoms with Crippen molar-refractivity contribution < 1.29 is 14.3 Å². The highest BCUT2D eigenvalue weighted by Crippen LogP contribution is 2.20. The van der Waals surface area contributed by atoms with E-state index in [2.05, 4.69) is 10.4 Å². The van der Waals surface area contributed by atoms with E-state index in [1.165, 1.54) is 18.3 Å². The van der Waals surface area contributed by atoms with Crippen molar-refractivity contribution in [2.24, 2.45) is 7.05 Å². The van der Waals surface area contributed by atoms with Crippen LogP contribution < -0.4 is 5.32 Å². The van der Waals surface area contributed by atoms with E-state index in [9.17, 15) is 14.3 Å². The molecule has 0 aliphatic carbocycles. The third-order valence-corrected chi connectivity index (χ3v) is 4.46. The molecule has 7 heteroatoms. The van der Waals surface area contributed by atoms with Crippen molar-refractivity contribution in [3.05, 3.63) is 88.0 Å². The van der Waals surface area contributed by atoms with E-state index in [1.54, 1.807) is 11.7 Å². The number of aromatic nitrogens is 2. The van der Waals surface area contributed by atoms with Gasteiger partial charge in [-0.15, -0.1) is 0 Å². The molecule has 27 heavy (non-hydrogen) atoms. The Balaban J connectivity index is 1.69. The van der Waals surface area contributed by atoms with Crippen LogP contribution in [0.4, 0.5) is 4.39 Å². The molecule has 1 amide bonds. The Morgan fingerprint density at radius 1 is 1.30 bits per heavy atom. The number of nitrogens with one attached hydrogen (secondary N) is 1. The van der Waals surface area contributed by atoms with Gasteiger partial charge in [0.15, 0.2) is 0 Å². The van der Waals surface area contributed by atoms with Gasteiger partial charge < -0.3 is 10.4 Å². The lowest BCUT2D eigenvalue weighted by atomic mass is 10.1. The zero-order valence-corrected chi connectivity index (χ0v) is 15.4. The number of nitrogens with zero attached hydrogens (tertiary/aromatic N) is 2. The molecule has 1 heterocycles. The minimum atomic E-state index is -1.07. The summed E-state index contributed by atoms with van der Waals surface area (Å²) in [6, 6.07) is 13.6. The van der Waals surface area contributed by atoms with Gasteiger partial charge in [0, 0.05) is 25.0 Å². The molecule has 3 rings (SSSR count). The minimum absolute atomic E-state index is 0.0711. The number of amides is 1. The molecular formula is C20H19ClFN3O2. The first-order valence-electron chi connectivity index (χ1n) is 8.41. The zero-order chi connectivity index (χ0) is 19.4. The fourth-order valence-corrected chi connectivity index (χ4v) is 3.05. The molecule has 1 atom stereocenters. The summed E-state index contributed by atoms with van der Waals surface area (Å²) < 4.78 is 15.1. The number of benzene rings is 2. The van der Waals surface area contributed by atoms with Gasteiger partial charge in [0.1, 0.15) is 5.82 Å². The first-order valence-corrected chi connectivity index (χ1v) is 8.79. The van der Waals surface area contributed by atoms with Crippen LogP contribution in [0.3, 0.4) is 0 Å². The topological polar surface area (TPSA) is 67.2 Å². The molecule has 0 bridgehead atoms. The lowest BCUT2D eigenvalue weighted by Crippen LogP contribution is -2.29. The predicted molar refractivity (Wildman–Crippen MR) is 101 cm³/mol. The largest absolute Gasteiger partial charge is 0.387 e. The Morgan fingerprint density at radius 3 is 2.74 bits per heavy atom. The first kappa shape index (κ1) is 19.1. The molecule has 0 aliphatic rings. The quantitative estimate of drug-likeness (QED) is 0.682. The molecule has 0 aliphatic heterocycles. The van der Waals surface area contributed by atoms with Crippen molar-refractivity contribution in [2.75, 3.05) is 6.54 Å². The first-order chi connectivity index (χ1) is 12.9. The van der Waals surface area contributed by atoms with E-state index in [1.807, 2.05) is 30.3 Å². The van der Waals surface area contributed by atoms with Gasteiger partial charge in [-0.3, -0.25) is 9.48 Å². The predicted octanol–water partition coefficient (Wildman–Crippen LogP) is 3.27. The summed E-state index contributed by atoms with van der Waals surface area (Å²) in [6.45, 7) is -0.0711. The summed E-state index contributed by atoms with van der Waals surface area (Å²) in [5.41, 5.74) is 2.56. The molecule has 140 valence electrons. The fourth-order valence-electron chi connectivity index (χ4n) is 2.82. The summed E-state index contributed by atoms with van der Waals surface area (Å²) in [7, 11) is 1.78. The standard InChI is InChI=1S/C20H19ClFN3O2/c1-25-18(7-13-5-3-2-4-6-13)17(11-24-25)20(27)23-12-19(26)14-8-15(21)10-16(22)9-14/h2-6,8-11,19,26H,7,12H2,1H3,(H,23,27). The second kappa shape index (κ2) is 8.33. The van der Waals surface area contributed by atoms with Crippen LogP contribution in [0.25, 0.3) is 0 Å². The van der Waals surface area contributed by atoms with Gasteiger partial charge in [0.05, 0.1) is 23.6 Å². The van der Waals surface area contributed by atoms with Gasteiger partial charge in [0.25, 0.3) is 5.91 Å². The Hall–Kier alpha value is -2.70. The molecule has 2 N–H and O–H groups in total. The molecule has 1 aromatic heterocycles. The van der Waals surface area contributed by atoms with Crippen molar-refractivity contribution in [3.8, 4) is 0 Å². The van der Waals surface area contributed by atoms with Crippen molar-refractivity contribution in [1.82, 2.24) is 15.1 Å². The highest BCUT2D eigenvalue weighted by molar-refractivity contribution is 6.30. The maximum Gasteiger partial charge on any atom is 0.254 e. The molecule has 0 saturated carbocycles. The summed E-state index contributed by atoms with van der Waals surface area (Å²) in [6.07, 6.45) is 0.984. The molecule has 3 aromatic rings. The Bertz CT molecular complexity index is 923. The van der Waals surface area contributed by atoms with E-state index in [-0.39, 0.29) is 17.5 Å². The number of rotatable bonds is 6. The second-order valence-corrected chi connectivity index (χ2v) is 6.66. The van der Waals surface area contributed by atoms with Crippen LogP contribution in [0.2, 0.25) is 5.02 Å². The number of hydrogen-bond donors (Lipinski definition) is 2. The molecule has 2 aromatic carbocycles. The van der Waals surface area contributed by atoms with Gasteiger partial charge >= 0.3 is 0 Å². The highest BCUT2D eigenvalue weighted by atomic mass is 35.5. The Labute approximate surface area is 161 Å². The second-order valence-electron chi connectivity index (χ2n) is 6.22. The van der Waals surface area contributed by atoms with Crippen LogP contribution in [0.1, 0.15) is 33.3 Å². The number of carbonyl (C=O) groups is 1. The van der Waals surface area contributed by atoms with Crippen LogP contribution in [-0.2, 0) is 13.5 Å². The summed E-state index contributed by atoms with van der Waals surface area (Å²) in [5.74, 6) is -0.893. The monoisotopic (exact) mass is 387 g/mol.